The summed E-state index contributed by atoms with van der Waals surface area (Å²) in [5.41, 5.74) is 0.349. The van der Waals surface area contributed by atoms with Crippen molar-refractivity contribution >= 4 is 5.91 Å². The molecular weight excluding hydrogens is 254 g/mol. The number of rotatable bonds is 4. The molecule has 1 unspecified atom stereocenters. The molecule has 1 amide bonds. The van der Waals surface area contributed by atoms with Crippen LogP contribution in [0.2, 0.25) is 0 Å². The van der Waals surface area contributed by atoms with Crippen LogP contribution in [0.3, 0.4) is 0 Å². The quantitative estimate of drug-likeness (QED) is 0.888. The Balaban J connectivity index is 2.18. The Morgan fingerprint density at radius 2 is 2.26 bits per heavy atom. The average molecular weight is 266 g/mol. The van der Waals surface area contributed by atoms with E-state index in [0.717, 1.165) is 12.1 Å². The third-order valence-corrected chi connectivity index (χ3v) is 2.70. The largest absolute Gasteiger partial charge is 0.344 e. The van der Waals surface area contributed by atoms with Gasteiger partial charge in [0.15, 0.2) is 5.69 Å². The molecule has 100 valence electrons. The van der Waals surface area contributed by atoms with Crippen molar-refractivity contribution in [2.75, 3.05) is 0 Å². The van der Waals surface area contributed by atoms with E-state index in [1.54, 1.807) is 6.92 Å². The SMILES string of the molecule is CCC(NC(=O)c1cn[nH]n1)c1ccc(F)cc1F. The van der Waals surface area contributed by atoms with Crippen molar-refractivity contribution in [3.63, 3.8) is 0 Å². The maximum atomic E-state index is 13.7. The second-order valence-electron chi connectivity index (χ2n) is 3.96. The Hall–Kier alpha value is -2.31. The maximum Gasteiger partial charge on any atom is 0.273 e. The lowest BCUT2D eigenvalue weighted by atomic mass is 10.0. The number of carbonyl (C=O) groups is 1. The number of amides is 1. The predicted molar refractivity (Wildman–Crippen MR) is 63.2 cm³/mol. The molecule has 0 radical (unpaired) electrons. The third-order valence-electron chi connectivity index (χ3n) is 2.70. The molecule has 2 aromatic rings. The molecule has 1 aromatic heterocycles. The van der Waals surface area contributed by atoms with E-state index in [1.807, 2.05) is 0 Å². The Morgan fingerprint density at radius 1 is 1.47 bits per heavy atom. The minimum Gasteiger partial charge on any atom is -0.344 e. The summed E-state index contributed by atoms with van der Waals surface area (Å²) in [5, 5.41) is 12.1. The normalized spacial score (nSPS) is 12.2. The van der Waals surface area contributed by atoms with E-state index in [-0.39, 0.29) is 11.3 Å². The van der Waals surface area contributed by atoms with Crippen molar-refractivity contribution in [3.8, 4) is 0 Å². The van der Waals surface area contributed by atoms with Gasteiger partial charge in [0.2, 0.25) is 0 Å². The Morgan fingerprint density at radius 3 is 2.84 bits per heavy atom. The zero-order valence-electron chi connectivity index (χ0n) is 10.2. The minimum atomic E-state index is -0.688. The van der Waals surface area contributed by atoms with E-state index >= 15 is 0 Å². The van der Waals surface area contributed by atoms with E-state index in [1.165, 1.54) is 12.3 Å². The Bertz CT molecular complexity index is 571. The van der Waals surface area contributed by atoms with Crippen LogP contribution in [0.25, 0.3) is 0 Å². The molecule has 2 rings (SSSR count). The number of carbonyl (C=O) groups excluding carboxylic acids is 1. The second kappa shape index (κ2) is 5.55. The standard InChI is InChI=1S/C12H12F2N4O/c1-2-10(8-4-3-7(13)5-9(8)14)16-12(19)11-6-15-18-17-11/h3-6,10H,2H2,1H3,(H,16,19)(H,15,17,18). The molecule has 0 spiro atoms. The van der Waals surface area contributed by atoms with Crippen molar-refractivity contribution in [2.24, 2.45) is 0 Å². The topological polar surface area (TPSA) is 70.7 Å². The van der Waals surface area contributed by atoms with Gasteiger partial charge in [-0.1, -0.05) is 13.0 Å². The zero-order chi connectivity index (χ0) is 13.8. The van der Waals surface area contributed by atoms with Crippen LogP contribution in [0.15, 0.2) is 24.4 Å². The van der Waals surface area contributed by atoms with E-state index in [4.69, 9.17) is 0 Å². The van der Waals surface area contributed by atoms with Crippen LogP contribution in [-0.2, 0) is 0 Å². The molecular formula is C12H12F2N4O. The lowest BCUT2D eigenvalue weighted by Crippen LogP contribution is -2.29. The van der Waals surface area contributed by atoms with Crippen molar-refractivity contribution in [2.45, 2.75) is 19.4 Å². The Kier molecular flexibility index (Phi) is 3.84. The van der Waals surface area contributed by atoms with Gasteiger partial charge in [0.25, 0.3) is 5.91 Å². The van der Waals surface area contributed by atoms with Gasteiger partial charge in [0, 0.05) is 11.6 Å². The summed E-state index contributed by atoms with van der Waals surface area (Å²) in [7, 11) is 0. The highest BCUT2D eigenvalue weighted by Gasteiger charge is 2.19. The molecule has 0 aliphatic rings. The van der Waals surface area contributed by atoms with Crippen molar-refractivity contribution in [1.29, 1.82) is 0 Å². The summed E-state index contributed by atoms with van der Waals surface area (Å²) >= 11 is 0. The van der Waals surface area contributed by atoms with Crippen LogP contribution < -0.4 is 5.32 Å². The lowest BCUT2D eigenvalue weighted by molar-refractivity contribution is 0.0930. The summed E-state index contributed by atoms with van der Waals surface area (Å²) in [6.45, 7) is 1.79. The number of nitrogens with zero attached hydrogens (tertiary/aromatic N) is 2. The van der Waals surface area contributed by atoms with E-state index in [2.05, 4.69) is 20.7 Å². The van der Waals surface area contributed by atoms with Gasteiger partial charge in [0.05, 0.1) is 12.2 Å². The Labute approximate surface area is 108 Å². The third kappa shape index (κ3) is 2.93. The molecule has 0 bridgehead atoms. The molecule has 0 aliphatic heterocycles. The maximum absolute atomic E-state index is 13.7. The molecule has 1 heterocycles. The predicted octanol–water partition coefficient (Wildman–Crippen LogP) is 1.96. The molecule has 1 aromatic carbocycles. The number of nitrogens with one attached hydrogen (secondary N) is 2. The molecule has 2 N–H and O–H groups in total. The summed E-state index contributed by atoms with van der Waals surface area (Å²) in [6.07, 6.45) is 1.73. The molecule has 0 saturated heterocycles. The molecule has 0 saturated carbocycles. The van der Waals surface area contributed by atoms with Crippen molar-refractivity contribution in [3.05, 3.63) is 47.3 Å². The van der Waals surface area contributed by atoms with E-state index < -0.39 is 23.6 Å². The summed E-state index contributed by atoms with van der Waals surface area (Å²) in [6, 6.07) is 2.72. The highest BCUT2D eigenvalue weighted by atomic mass is 19.1. The van der Waals surface area contributed by atoms with Gasteiger partial charge in [0.1, 0.15) is 11.6 Å². The molecule has 5 nitrogen and oxygen atoms in total. The summed E-state index contributed by atoms with van der Waals surface area (Å²) < 4.78 is 26.5. The number of hydrogen-bond acceptors (Lipinski definition) is 3. The number of H-pyrrole nitrogens is 1. The van der Waals surface area contributed by atoms with Crippen LogP contribution in [0.1, 0.15) is 35.4 Å². The minimum absolute atomic E-state index is 0.112. The smallest absolute Gasteiger partial charge is 0.273 e. The van der Waals surface area contributed by atoms with Gasteiger partial charge in [-0.25, -0.2) is 8.78 Å². The van der Waals surface area contributed by atoms with Crippen LogP contribution in [0.5, 0.6) is 0 Å². The van der Waals surface area contributed by atoms with E-state index in [9.17, 15) is 13.6 Å². The van der Waals surface area contributed by atoms with Gasteiger partial charge >= 0.3 is 0 Å². The van der Waals surface area contributed by atoms with E-state index in [0.29, 0.717) is 6.42 Å². The first kappa shape index (κ1) is 13.1. The second-order valence-corrected chi connectivity index (χ2v) is 3.96. The zero-order valence-corrected chi connectivity index (χ0v) is 10.2. The first-order chi connectivity index (χ1) is 9.11. The fourth-order valence-corrected chi connectivity index (χ4v) is 1.73. The monoisotopic (exact) mass is 266 g/mol. The summed E-state index contributed by atoms with van der Waals surface area (Å²) in [4.78, 5) is 11.8. The van der Waals surface area contributed by atoms with Gasteiger partial charge < -0.3 is 5.32 Å². The van der Waals surface area contributed by atoms with Gasteiger partial charge in [-0.15, -0.1) is 0 Å². The van der Waals surface area contributed by atoms with Gasteiger partial charge in [-0.2, -0.15) is 15.4 Å². The van der Waals surface area contributed by atoms with Crippen molar-refractivity contribution < 1.29 is 13.6 Å². The highest BCUT2D eigenvalue weighted by molar-refractivity contribution is 5.92. The molecule has 19 heavy (non-hydrogen) atoms. The molecule has 0 fully saturated rings. The van der Waals surface area contributed by atoms with Gasteiger partial charge in [-0.3, -0.25) is 4.79 Å². The van der Waals surface area contributed by atoms with Gasteiger partial charge in [-0.05, 0) is 12.5 Å². The molecule has 1 atom stereocenters. The number of aromatic nitrogens is 3. The van der Waals surface area contributed by atoms with Crippen LogP contribution in [-0.4, -0.2) is 21.3 Å². The van der Waals surface area contributed by atoms with Crippen LogP contribution >= 0.6 is 0 Å². The highest BCUT2D eigenvalue weighted by Crippen LogP contribution is 2.21. The van der Waals surface area contributed by atoms with Crippen molar-refractivity contribution in [1.82, 2.24) is 20.7 Å². The summed E-state index contributed by atoms with van der Waals surface area (Å²) in [5.74, 6) is -1.81. The first-order valence-corrected chi connectivity index (χ1v) is 5.73. The van der Waals surface area contributed by atoms with Crippen LogP contribution in [0, 0.1) is 11.6 Å². The van der Waals surface area contributed by atoms with Crippen LogP contribution in [0.4, 0.5) is 8.78 Å². The molecule has 7 heteroatoms. The fourth-order valence-electron chi connectivity index (χ4n) is 1.73. The average Bonchev–Trinajstić information content (AvgIpc) is 2.90. The lowest BCUT2D eigenvalue weighted by Gasteiger charge is -2.17. The number of aromatic amines is 1. The first-order valence-electron chi connectivity index (χ1n) is 5.73. The number of benzene rings is 1. The number of hydrogen-bond donors (Lipinski definition) is 2. The fraction of sp³-hybridized carbons (Fsp3) is 0.250. The molecule has 0 aliphatic carbocycles. The number of halogens is 2.